The molecule has 7 nitrogen and oxygen atoms in total. The van der Waals surface area contributed by atoms with Crippen LogP contribution in [0.25, 0.3) is 10.4 Å². The highest BCUT2D eigenvalue weighted by Gasteiger charge is 2.49. The Morgan fingerprint density at radius 2 is 2.15 bits per heavy atom. The summed E-state index contributed by atoms with van der Waals surface area (Å²) in [5, 5.41) is 22.2. The number of aliphatic hydroxyl groups is 2. The van der Waals surface area contributed by atoms with E-state index in [1.165, 1.54) is 0 Å². The summed E-state index contributed by atoms with van der Waals surface area (Å²) in [6.07, 6.45) is -3.49. The highest BCUT2D eigenvalue weighted by Crippen LogP contribution is 2.29. The lowest BCUT2D eigenvalue weighted by Gasteiger charge is -2.32. The molecular formula is C6H9N3O4. The predicted molar refractivity (Wildman–Crippen MR) is 39.6 cm³/mol. The summed E-state index contributed by atoms with van der Waals surface area (Å²) in [7, 11) is 0. The van der Waals surface area contributed by atoms with Crippen molar-refractivity contribution in [2.24, 2.45) is 5.11 Å². The zero-order chi connectivity index (χ0) is 9.42. The van der Waals surface area contributed by atoms with Crippen molar-refractivity contribution in [2.75, 3.05) is 6.61 Å². The number of rotatable bonds is 1. The minimum Gasteiger partial charge on any atom is -0.390 e. The molecule has 2 saturated heterocycles. The van der Waals surface area contributed by atoms with Crippen LogP contribution in [0.4, 0.5) is 0 Å². The van der Waals surface area contributed by atoms with Gasteiger partial charge in [0.05, 0.1) is 24.9 Å². The molecular weight excluding hydrogens is 178 g/mol. The van der Waals surface area contributed by atoms with Crippen molar-refractivity contribution in [1.29, 1.82) is 0 Å². The van der Waals surface area contributed by atoms with Crippen molar-refractivity contribution >= 4 is 0 Å². The van der Waals surface area contributed by atoms with Gasteiger partial charge in [0.1, 0.15) is 6.10 Å². The summed E-state index contributed by atoms with van der Waals surface area (Å²) in [5.74, 6) is 0. The quantitative estimate of drug-likeness (QED) is 0.316. The van der Waals surface area contributed by atoms with Crippen LogP contribution < -0.4 is 0 Å². The highest BCUT2D eigenvalue weighted by molar-refractivity contribution is 4.97. The van der Waals surface area contributed by atoms with Crippen molar-refractivity contribution in [3.05, 3.63) is 10.4 Å². The zero-order valence-electron chi connectivity index (χ0n) is 6.65. The van der Waals surface area contributed by atoms with Gasteiger partial charge >= 0.3 is 0 Å². The van der Waals surface area contributed by atoms with Crippen LogP contribution in [0.1, 0.15) is 0 Å². The van der Waals surface area contributed by atoms with Crippen molar-refractivity contribution in [3.8, 4) is 0 Å². The lowest BCUT2D eigenvalue weighted by molar-refractivity contribution is -0.198. The van der Waals surface area contributed by atoms with Crippen molar-refractivity contribution in [1.82, 2.24) is 0 Å². The Balaban J connectivity index is 2.21. The normalized spacial score (nSPS) is 48.6. The average molecular weight is 187 g/mol. The number of azide groups is 1. The van der Waals surface area contributed by atoms with Crippen LogP contribution in [0.15, 0.2) is 5.11 Å². The van der Waals surface area contributed by atoms with E-state index in [0.29, 0.717) is 0 Å². The minimum absolute atomic E-state index is 0.239. The lowest BCUT2D eigenvalue weighted by atomic mass is 9.99. The molecule has 5 atom stereocenters. The van der Waals surface area contributed by atoms with Crippen LogP contribution in [0, 0.1) is 0 Å². The lowest BCUT2D eigenvalue weighted by Crippen LogP contribution is -2.52. The van der Waals surface area contributed by atoms with E-state index in [9.17, 15) is 10.2 Å². The molecule has 2 bridgehead atoms. The molecule has 0 spiro atoms. The summed E-state index contributed by atoms with van der Waals surface area (Å²) < 4.78 is 10.2. The van der Waals surface area contributed by atoms with E-state index in [0.717, 1.165) is 0 Å². The molecule has 2 aliphatic heterocycles. The summed E-state index contributed by atoms with van der Waals surface area (Å²) in [6, 6.07) is -0.765. The summed E-state index contributed by atoms with van der Waals surface area (Å²) in [6.45, 7) is 0.239. The topological polar surface area (TPSA) is 108 Å². The van der Waals surface area contributed by atoms with E-state index in [-0.39, 0.29) is 6.61 Å². The van der Waals surface area contributed by atoms with Gasteiger partial charge in [-0.1, -0.05) is 5.11 Å². The van der Waals surface area contributed by atoms with E-state index < -0.39 is 30.6 Å². The van der Waals surface area contributed by atoms with Gasteiger partial charge in [-0.3, -0.25) is 0 Å². The van der Waals surface area contributed by atoms with Gasteiger partial charge in [-0.25, -0.2) is 0 Å². The van der Waals surface area contributed by atoms with Crippen LogP contribution in [-0.4, -0.2) is 47.5 Å². The molecule has 2 heterocycles. The van der Waals surface area contributed by atoms with E-state index >= 15 is 0 Å². The number of hydrogen-bond donors (Lipinski definition) is 2. The number of ether oxygens (including phenoxy) is 2. The number of fused-ring (bicyclic) bond motifs is 2. The predicted octanol–water partition coefficient (Wildman–Crippen LogP) is -0.858. The van der Waals surface area contributed by atoms with Gasteiger partial charge < -0.3 is 19.7 Å². The van der Waals surface area contributed by atoms with E-state index in [2.05, 4.69) is 10.0 Å². The molecule has 2 aliphatic rings. The first kappa shape index (κ1) is 8.74. The van der Waals surface area contributed by atoms with Crippen LogP contribution in [0.3, 0.4) is 0 Å². The first-order chi connectivity index (χ1) is 6.24. The number of hydrogen-bond acceptors (Lipinski definition) is 5. The molecule has 0 radical (unpaired) electrons. The smallest absolute Gasteiger partial charge is 0.186 e. The second-order valence-electron chi connectivity index (χ2n) is 3.05. The maximum absolute atomic E-state index is 9.47. The standard InChI is InChI=1S/C6H9N3O4/c7-9-8-3-2-1-12-6(13-2)5(11)4(3)10/h2-6,10-11H,1H2/t2?,3-,4-,5?,6-/m1/s1. The average Bonchev–Trinajstić information content (AvgIpc) is 2.56. The van der Waals surface area contributed by atoms with Crippen molar-refractivity contribution < 1.29 is 19.7 Å². The Kier molecular flexibility index (Phi) is 2.10. The van der Waals surface area contributed by atoms with Gasteiger partial charge in [0.15, 0.2) is 6.29 Å². The van der Waals surface area contributed by atoms with Crippen LogP contribution in [0.2, 0.25) is 0 Å². The summed E-state index contributed by atoms with van der Waals surface area (Å²) in [4.78, 5) is 2.58. The second-order valence-corrected chi connectivity index (χ2v) is 3.05. The van der Waals surface area contributed by atoms with Gasteiger partial charge in [0.25, 0.3) is 0 Å². The summed E-state index contributed by atoms with van der Waals surface area (Å²) >= 11 is 0. The fourth-order valence-electron chi connectivity index (χ4n) is 1.58. The molecule has 0 saturated carbocycles. The Morgan fingerprint density at radius 1 is 1.38 bits per heavy atom. The first-order valence-corrected chi connectivity index (χ1v) is 3.91. The fraction of sp³-hybridized carbons (Fsp3) is 1.00. The Hall–Kier alpha value is -0.850. The monoisotopic (exact) mass is 187 g/mol. The molecule has 0 aromatic rings. The van der Waals surface area contributed by atoms with Gasteiger partial charge in [-0.15, -0.1) is 0 Å². The number of nitrogens with zero attached hydrogens (tertiary/aromatic N) is 3. The van der Waals surface area contributed by atoms with Crippen molar-refractivity contribution in [3.63, 3.8) is 0 Å². The molecule has 7 heteroatoms. The van der Waals surface area contributed by atoms with Crippen LogP contribution in [-0.2, 0) is 9.47 Å². The number of aliphatic hydroxyl groups excluding tert-OH is 2. The molecule has 0 aromatic carbocycles. The molecule has 0 aromatic heterocycles. The van der Waals surface area contributed by atoms with Gasteiger partial charge in [-0.05, 0) is 5.53 Å². The third kappa shape index (κ3) is 1.27. The van der Waals surface area contributed by atoms with E-state index in [4.69, 9.17) is 15.0 Å². The van der Waals surface area contributed by atoms with Crippen LogP contribution >= 0.6 is 0 Å². The molecule has 0 amide bonds. The summed E-state index contributed by atoms with van der Waals surface area (Å²) in [5.41, 5.74) is 8.22. The second kappa shape index (κ2) is 3.13. The van der Waals surface area contributed by atoms with Gasteiger partial charge in [-0.2, -0.15) is 0 Å². The zero-order valence-corrected chi connectivity index (χ0v) is 6.65. The maximum Gasteiger partial charge on any atom is 0.186 e. The van der Waals surface area contributed by atoms with E-state index in [1.54, 1.807) is 0 Å². The molecule has 2 rings (SSSR count). The van der Waals surface area contributed by atoms with E-state index in [1.807, 2.05) is 0 Å². The maximum atomic E-state index is 9.47. The molecule has 13 heavy (non-hydrogen) atoms. The third-order valence-corrected chi connectivity index (χ3v) is 2.28. The molecule has 2 fully saturated rings. The Labute approximate surface area is 73.5 Å². The molecule has 2 unspecified atom stereocenters. The van der Waals surface area contributed by atoms with Crippen molar-refractivity contribution in [2.45, 2.75) is 30.6 Å². The fourth-order valence-corrected chi connectivity index (χ4v) is 1.58. The van der Waals surface area contributed by atoms with Gasteiger partial charge in [0, 0.05) is 4.91 Å². The SMILES string of the molecule is [N-]=[N+]=N[C@@H]1C2CO[C@H](O2)C(O)[C@@H]1O. The molecule has 72 valence electrons. The first-order valence-electron chi connectivity index (χ1n) is 3.91. The Morgan fingerprint density at radius 3 is 2.85 bits per heavy atom. The molecule has 0 aliphatic carbocycles. The Bertz CT molecular complexity index is 254. The highest BCUT2D eigenvalue weighted by atomic mass is 16.7. The van der Waals surface area contributed by atoms with Gasteiger partial charge in [0.2, 0.25) is 0 Å². The minimum atomic E-state index is -1.14. The van der Waals surface area contributed by atoms with Crippen LogP contribution in [0.5, 0.6) is 0 Å². The third-order valence-electron chi connectivity index (χ3n) is 2.28. The largest absolute Gasteiger partial charge is 0.390 e. The molecule has 2 N–H and O–H groups in total.